The lowest BCUT2D eigenvalue weighted by Crippen LogP contribution is -2.44. The summed E-state index contributed by atoms with van der Waals surface area (Å²) in [7, 11) is 0. The highest BCUT2D eigenvalue weighted by molar-refractivity contribution is 5.70. The van der Waals surface area contributed by atoms with Gasteiger partial charge in [-0.05, 0) is 32.9 Å². The summed E-state index contributed by atoms with van der Waals surface area (Å²) in [5, 5.41) is 9.21. The van der Waals surface area contributed by atoms with E-state index in [1.807, 2.05) is 0 Å². The molecule has 0 aromatic carbocycles. The molecule has 0 radical (unpaired) electrons. The first-order chi connectivity index (χ1) is 6.79. The van der Waals surface area contributed by atoms with Crippen molar-refractivity contribution in [3.8, 4) is 0 Å². The van der Waals surface area contributed by atoms with E-state index in [0.717, 1.165) is 4.90 Å². The number of carbonyl (C=O) groups is 1. The summed E-state index contributed by atoms with van der Waals surface area (Å²) in [6.07, 6.45) is 3.02. The standard InChI is InChI=1S/C10H16N2O3/c1-10(2,3)15-9(14)12-6-7(13)4-5-8(12)11/h4-6,8,13H,11H2,1-3H3. The highest BCUT2D eigenvalue weighted by Crippen LogP contribution is 2.14. The van der Waals surface area contributed by atoms with Crippen molar-refractivity contribution in [1.29, 1.82) is 0 Å². The molecule has 5 nitrogen and oxygen atoms in total. The number of aliphatic hydroxyl groups is 1. The summed E-state index contributed by atoms with van der Waals surface area (Å²) in [4.78, 5) is 12.7. The maximum atomic E-state index is 11.6. The van der Waals surface area contributed by atoms with E-state index < -0.39 is 17.9 Å². The van der Waals surface area contributed by atoms with Crippen LogP contribution in [0.4, 0.5) is 4.79 Å². The molecule has 0 aromatic rings. The summed E-state index contributed by atoms with van der Waals surface area (Å²) >= 11 is 0. The number of hydrogen-bond acceptors (Lipinski definition) is 4. The van der Waals surface area contributed by atoms with Gasteiger partial charge in [0.25, 0.3) is 0 Å². The second kappa shape index (κ2) is 3.94. The van der Waals surface area contributed by atoms with E-state index in [4.69, 9.17) is 10.5 Å². The first-order valence-corrected chi connectivity index (χ1v) is 4.65. The van der Waals surface area contributed by atoms with Crippen LogP contribution in [-0.4, -0.2) is 27.9 Å². The molecule has 1 amide bonds. The summed E-state index contributed by atoms with van der Waals surface area (Å²) in [5.74, 6) is -0.0254. The third-order valence-corrected chi connectivity index (χ3v) is 1.66. The quantitative estimate of drug-likeness (QED) is 0.637. The lowest BCUT2D eigenvalue weighted by atomic mass is 10.2. The Labute approximate surface area is 88.8 Å². The van der Waals surface area contributed by atoms with Gasteiger partial charge in [-0.15, -0.1) is 0 Å². The van der Waals surface area contributed by atoms with Crippen molar-refractivity contribution >= 4 is 6.09 Å². The van der Waals surface area contributed by atoms with Gasteiger partial charge in [-0.25, -0.2) is 4.79 Å². The van der Waals surface area contributed by atoms with Crippen LogP contribution in [0.2, 0.25) is 0 Å². The largest absolute Gasteiger partial charge is 0.506 e. The number of nitrogens with two attached hydrogens (primary N) is 1. The first kappa shape index (κ1) is 11.6. The Morgan fingerprint density at radius 3 is 2.73 bits per heavy atom. The van der Waals surface area contributed by atoms with E-state index in [2.05, 4.69) is 0 Å². The summed E-state index contributed by atoms with van der Waals surface area (Å²) in [6, 6.07) is 0. The van der Waals surface area contributed by atoms with Crippen LogP contribution in [0.15, 0.2) is 24.1 Å². The lowest BCUT2D eigenvalue weighted by Gasteiger charge is -2.29. The SMILES string of the molecule is CC(C)(C)OC(=O)N1C=C(O)C=CC1N. The van der Waals surface area contributed by atoms with Crippen molar-refractivity contribution in [3.05, 3.63) is 24.1 Å². The van der Waals surface area contributed by atoms with Crippen molar-refractivity contribution < 1.29 is 14.6 Å². The molecule has 0 aromatic heterocycles. The number of carbonyl (C=O) groups excluding carboxylic acids is 1. The van der Waals surface area contributed by atoms with Crippen molar-refractivity contribution in [1.82, 2.24) is 4.90 Å². The number of nitrogens with zero attached hydrogens (tertiary/aromatic N) is 1. The number of rotatable bonds is 0. The van der Waals surface area contributed by atoms with Gasteiger partial charge in [0.2, 0.25) is 0 Å². The second-order valence-electron chi connectivity index (χ2n) is 4.29. The molecule has 1 aliphatic rings. The Morgan fingerprint density at radius 1 is 1.60 bits per heavy atom. The van der Waals surface area contributed by atoms with Crippen LogP contribution in [0, 0.1) is 0 Å². The van der Waals surface area contributed by atoms with Gasteiger partial charge >= 0.3 is 6.09 Å². The van der Waals surface area contributed by atoms with Gasteiger partial charge in [-0.3, -0.25) is 4.90 Å². The van der Waals surface area contributed by atoms with Crippen LogP contribution in [0.1, 0.15) is 20.8 Å². The Balaban J connectivity index is 2.72. The van der Waals surface area contributed by atoms with Gasteiger partial charge in [0.1, 0.15) is 17.5 Å². The van der Waals surface area contributed by atoms with Gasteiger partial charge in [-0.1, -0.05) is 0 Å². The van der Waals surface area contributed by atoms with Crippen LogP contribution in [0.5, 0.6) is 0 Å². The maximum Gasteiger partial charge on any atom is 0.416 e. The van der Waals surface area contributed by atoms with Crippen LogP contribution >= 0.6 is 0 Å². The van der Waals surface area contributed by atoms with Gasteiger partial charge < -0.3 is 15.6 Å². The second-order valence-corrected chi connectivity index (χ2v) is 4.29. The predicted octanol–water partition coefficient (Wildman–Crippen LogP) is 1.48. The van der Waals surface area contributed by atoms with Crippen LogP contribution < -0.4 is 5.73 Å². The third-order valence-electron chi connectivity index (χ3n) is 1.66. The van der Waals surface area contributed by atoms with Crippen LogP contribution in [0.25, 0.3) is 0 Å². The Hall–Kier alpha value is -1.49. The number of aliphatic hydroxyl groups excluding tert-OH is 1. The van der Waals surface area contributed by atoms with E-state index in [9.17, 15) is 9.90 Å². The minimum Gasteiger partial charge on any atom is -0.506 e. The van der Waals surface area contributed by atoms with Gasteiger partial charge in [0, 0.05) is 0 Å². The first-order valence-electron chi connectivity index (χ1n) is 4.65. The fourth-order valence-electron chi connectivity index (χ4n) is 1.05. The molecule has 0 saturated carbocycles. The highest BCUT2D eigenvalue weighted by Gasteiger charge is 2.25. The zero-order valence-electron chi connectivity index (χ0n) is 9.10. The normalized spacial score (nSPS) is 21.2. The molecule has 0 bridgehead atoms. The van der Waals surface area contributed by atoms with Crippen molar-refractivity contribution in [2.45, 2.75) is 32.5 Å². The minimum absolute atomic E-state index is 0.0254. The fourth-order valence-corrected chi connectivity index (χ4v) is 1.05. The van der Waals surface area contributed by atoms with E-state index in [0.29, 0.717) is 0 Å². The molecule has 5 heteroatoms. The molecule has 0 fully saturated rings. The molecule has 0 spiro atoms. The molecular formula is C10H16N2O3. The van der Waals surface area contributed by atoms with Crippen molar-refractivity contribution in [3.63, 3.8) is 0 Å². The molecule has 1 rings (SSSR count). The summed E-state index contributed by atoms with van der Waals surface area (Å²) < 4.78 is 5.11. The molecule has 0 saturated heterocycles. The van der Waals surface area contributed by atoms with E-state index in [-0.39, 0.29) is 5.76 Å². The summed E-state index contributed by atoms with van der Waals surface area (Å²) in [5.41, 5.74) is 5.06. The molecule has 84 valence electrons. The molecule has 0 aliphatic carbocycles. The molecule has 1 aliphatic heterocycles. The van der Waals surface area contributed by atoms with E-state index >= 15 is 0 Å². The molecule has 1 unspecified atom stereocenters. The smallest absolute Gasteiger partial charge is 0.416 e. The average molecular weight is 212 g/mol. The average Bonchev–Trinajstić information content (AvgIpc) is 2.06. The van der Waals surface area contributed by atoms with Crippen LogP contribution in [-0.2, 0) is 4.74 Å². The van der Waals surface area contributed by atoms with Crippen molar-refractivity contribution in [2.75, 3.05) is 0 Å². The molecule has 1 heterocycles. The van der Waals surface area contributed by atoms with E-state index in [1.165, 1.54) is 18.4 Å². The highest BCUT2D eigenvalue weighted by atomic mass is 16.6. The van der Waals surface area contributed by atoms with E-state index in [1.54, 1.807) is 20.8 Å². The molecule has 1 atom stereocenters. The molecule has 15 heavy (non-hydrogen) atoms. The Kier molecular flexibility index (Phi) is 3.04. The fraction of sp³-hybridized carbons (Fsp3) is 0.500. The minimum atomic E-state index is -0.601. The van der Waals surface area contributed by atoms with Gasteiger partial charge in [0.15, 0.2) is 0 Å². The summed E-state index contributed by atoms with van der Waals surface area (Å²) in [6.45, 7) is 5.29. The van der Waals surface area contributed by atoms with Crippen LogP contribution in [0.3, 0.4) is 0 Å². The number of hydrogen-bond donors (Lipinski definition) is 2. The zero-order chi connectivity index (χ0) is 11.6. The lowest BCUT2D eigenvalue weighted by molar-refractivity contribution is 0.0290. The zero-order valence-corrected chi connectivity index (χ0v) is 9.10. The topological polar surface area (TPSA) is 75.8 Å². The Morgan fingerprint density at radius 2 is 2.20 bits per heavy atom. The van der Waals surface area contributed by atoms with Crippen molar-refractivity contribution in [2.24, 2.45) is 5.73 Å². The predicted molar refractivity (Wildman–Crippen MR) is 55.9 cm³/mol. The Bertz CT molecular complexity index is 315. The third kappa shape index (κ3) is 3.28. The van der Waals surface area contributed by atoms with Gasteiger partial charge in [-0.2, -0.15) is 0 Å². The number of amides is 1. The molecular weight excluding hydrogens is 196 g/mol. The monoisotopic (exact) mass is 212 g/mol. The molecule has 3 N–H and O–H groups in total. The maximum absolute atomic E-state index is 11.6. The number of allylic oxidation sites excluding steroid dienone is 1. The van der Waals surface area contributed by atoms with Gasteiger partial charge in [0.05, 0.1) is 6.20 Å². The number of ether oxygens (including phenoxy) is 1.